The summed E-state index contributed by atoms with van der Waals surface area (Å²) in [6.45, 7) is 8.52. The lowest BCUT2D eigenvalue weighted by molar-refractivity contribution is 0.0936. The van der Waals surface area contributed by atoms with Gasteiger partial charge < -0.3 is 11.1 Å². The van der Waals surface area contributed by atoms with E-state index in [2.05, 4.69) is 22.2 Å². The minimum absolute atomic E-state index is 0.120. The molecule has 0 atom stereocenters. The number of hydrogen-bond donors (Lipinski definition) is 2. The van der Waals surface area contributed by atoms with Crippen molar-refractivity contribution in [2.24, 2.45) is 0 Å². The van der Waals surface area contributed by atoms with E-state index in [1.807, 2.05) is 74.0 Å². The van der Waals surface area contributed by atoms with E-state index in [1.54, 1.807) is 0 Å². The molecule has 2 heterocycles. The van der Waals surface area contributed by atoms with Gasteiger partial charge in [-0.05, 0) is 44.9 Å². The second-order valence-corrected chi connectivity index (χ2v) is 8.63. The molecule has 2 aromatic heterocycles. The summed E-state index contributed by atoms with van der Waals surface area (Å²) in [5.74, 6) is 0.262. The molecule has 0 unspecified atom stereocenters. The third-order valence-electron chi connectivity index (χ3n) is 5.70. The SMILES string of the molecule is CCc1ccc(C(=O)NCC(C)(C)n2nc(-c3ccc(C)cc3)c3c(N)ncnc32)cc1. The lowest BCUT2D eigenvalue weighted by Crippen LogP contribution is -2.41. The van der Waals surface area contributed by atoms with Gasteiger partial charge in [0.1, 0.15) is 17.8 Å². The van der Waals surface area contributed by atoms with Crippen LogP contribution < -0.4 is 11.1 Å². The summed E-state index contributed by atoms with van der Waals surface area (Å²) in [6, 6.07) is 15.8. The number of carbonyl (C=O) groups is 1. The molecular weight excluding hydrogens is 400 g/mol. The summed E-state index contributed by atoms with van der Waals surface area (Å²) in [5.41, 5.74) is 11.0. The molecule has 0 saturated heterocycles. The summed E-state index contributed by atoms with van der Waals surface area (Å²) < 4.78 is 1.83. The number of aryl methyl sites for hydroxylation is 2. The molecule has 0 bridgehead atoms. The Morgan fingerprint density at radius 2 is 1.75 bits per heavy atom. The number of fused-ring (bicyclic) bond motifs is 1. The molecule has 0 fully saturated rings. The zero-order valence-electron chi connectivity index (χ0n) is 18.9. The summed E-state index contributed by atoms with van der Waals surface area (Å²) in [6.07, 6.45) is 2.38. The number of nitrogens with one attached hydrogen (secondary N) is 1. The van der Waals surface area contributed by atoms with Gasteiger partial charge in [0.15, 0.2) is 5.65 Å². The number of rotatable bonds is 6. The van der Waals surface area contributed by atoms with Crippen LogP contribution in [0.5, 0.6) is 0 Å². The lowest BCUT2D eigenvalue weighted by Gasteiger charge is -2.26. The third kappa shape index (κ3) is 4.06. The molecule has 164 valence electrons. The van der Waals surface area contributed by atoms with E-state index >= 15 is 0 Å². The number of amides is 1. The minimum atomic E-state index is -0.555. The summed E-state index contributed by atoms with van der Waals surface area (Å²) in [7, 11) is 0. The number of nitrogen functional groups attached to an aromatic ring is 1. The van der Waals surface area contributed by atoms with Gasteiger partial charge in [0, 0.05) is 17.7 Å². The maximum atomic E-state index is 12.7. The molecule has 3 N–H and O–H groups in total. The van der Waals surface area contributed by atoms with Crippen LogP contribution in [0.4, 0.5) is 5.82 Å². The van der Waals surface area contributed by atoms with Crippen molar-refractivity contribution in [1.82, 2.24) is 25.1 Å². The fourth-order valence-electron chi connectivity index (χ4n) is 3.68. The van der Waals surface area contributed by atoms with Crippen LogP contribution in [-0.2, 0) is 12.0 Å². The minimum Gasteiger partial charge on any atom is -0.383 e. The Bertz CT molecular complexity index is 1260. The predicted octanol–water partition coefficient (Wildman–Crippen LogP) is 4.11. The first kappa shape index (κ1) is 21.5. The zero-order chi connectivity index (χ0) is 22.9. The first-order valence-electron chi connectivity index (χ1n) is 10.7. The molecule has 4 aromatic rings. The summed E-state index contributed by atoms with van der Waals surface area (Å²) in [5, 5.41) is 8.63. The highest BCUT2D eigenvalue weighted by atomic mass is 16.1. The third-order valence-corrected chi connectivity index (χ3v) is 5.70. The molecule has 7 nitrogen and oxygen atoms in total. The van der Waals surface area contributed by atoms with Crippen LogP contribution in [0, 0.1) is 6.92 Å². The average Bonchev–Trinajstić information content (AvgIpc) is 3.20. The van der Waals surface area contributed by atoms with Gasteiger partial charge in [0.05, 0.1) is 10.9 Å². The van der Waals surface area contributed by atoms with Gasteiger partial charge in [-0.3, -0.25) is 4.79 Å². The van der Waals surface area contributed by atoms with Crippen molar-refractivity contribution in [2.75, 3.05) is 12.3 Å². The lowest BCUT2D eigenvalue weighted by atomic mass is 10.0. The first-order chi connectivity index (χ1) is 15.3. The number of aromatic nitrogens is 4. The number of anilines is 1. The molecule has 4 rings (SSSR count). The van der Waals surface area contributed by atoms with Gasteiger partial charge in [-0.25, -0.2) is 14.6 Å². The number of benzene rings is 2. The van der Waals surface area contributed by atoms with Crippen molar-refractivity contribution in [3.63, 3.8) is 0 Å². The quantitative estimate of drug-likeness (QED) is 0.481. The van der Waals surface area contributed by atoms with Gasteiger partial charge in [-0.1, -0.05) is 48.9 Å². The molecule has 32 heavy (non-hydrogen) atoms. The standard InChI is InChI=1S/C25H28N6O/c1-5-17-8-12-19(13-9-17)24(32)27-14-25(3,4)31-23-20(22(26)28-15-29-23)21(30-31)18-10-6-16(2)7-11-18/h6-13,15H,5,14H2,1-4H3,(H,27,32)(H2,26,28,29). The van der Waals surface area contributed by atoms with Crippen molar-refractivity contribution < 1.29 is 4.79 Å². The highest BCUT2D eigenvalue weighted by Gasteiger charge is 2.28. The number of nitrogens with zero attached hydrogens (tertiary/aromatic N) is 4. The van der Waals surface area contributed by atoms with Crippen LogP contribution in [-0.4, -0.2) is 32.2 Å². The second kappa shape index (κ2) is 8.42. The van der Waals surface area contributed by atoms with Crippen LogP contribution >= 0.6 is 0 Å². The van der Waals surface area contributed by atoms with Gasteiger partial charge in [0.25, 0.3) is 5.91 Å². The molecule has 7 heteroatoms. The first-order valence-corrected chi connectivity index (χ1v) is 10.7. The molecule has 0 saturated carbocycles. The fourth-order valence-corrected chi connectivity index (χ4v) is 3.68. The van der Waals surface area contributed by atoms with Crippen LogP contribution in [0.15, 0.2) is 54.9 Å². The van der Waals surface area contributed by atoms with E-state index in [0.29, 0.717) is 29.0 Å². The predicted molar refractivity (Wildman–Crippen MR) is 127 cm³/mol. The molecule has 0 aliphatic rings. The molecule has 0 spiro atoms. The molecule has 2 aromatic carbocycles. The number of hydrogen-bond acceptors (Lipinski definition) is 5. The fraction of sp³-hybridized carbons (Fsp3) is 0.280. The average molecular weight is 429 g/mol. The van der Waals surface area contributed by atoms with Crippen LogP contribution in [0.2, 0.25) is 0 Å². The van der Waals surface area contributed by atoms with Gasteiger partial charge in [0.2, 0.25) is 0 Å². The monoisotopic (exact) mass is 428 g/mol. The largest absolute Gasteiger partial charge is 0.383 e. The highest BCUT2D eigenvalue weighted by Crippen LogP contribution is 2.33. The summed E-state index contributed by atoms with van der Waals surface area (Å²) in [4.78, 5) is 21.4. The highest BCUT2D eigenvalue weighted by molar-refractivity contribution is 5.98. The Hall–Kier alpha value is -3.74. The Morgan fingerprint density at radius 1 is 1.06 bits per heavy atom. The van der Waals surface area contributed by atoms with Gasteiger partial charge in [-0.15, -0.1) is 0 Å². The van der Waals surface area contributed by atoms with Crippen molar-refractivity contribution >= 4 is 22.8 Å². The van der Waals surface area contributed by atoms with Gasteiger partial charge in [-0.2, -0.15) is 5.10 Å². The van der Waals surface area contributed by atoms with Crippen molar-refractivity contribution in [3.8, 4) is 11.3 Å². The second-order valence-electron chi connectivity index (χ2n) is 8.63. The van der Waals surface area contributed by atoms with E-state index in [1.165, 1.54) is 11.9 Å². The maximum absolute atomic E-state index is 12.7. The summed E-state index contributed by atoms with van der Waals surface area (Å²) >= 11 is 0. The Morgan fingerprint density at radius 3 is 2.41 bits per heavy atom. The van der Waals surface area contributed by atoms with Crippen LogP contribution in [0.3, 0.4) is 0 Å². The molecule has 1 amide bonds. The van der Waals surface area contributed by atoms with E-state index < -0.39 is 5.54 Å². The molecule has 0 radical (unpaired) electrons. The van der Waals surface area contributed by atoms with Crippen LogP contribution in [0.1, 0.15) is 42.3 Å². The van der Waals surface area contributed by atoms with Crippen molar-refractivity contribution in [1.29, 1.82) is 0 Å². The smallest absolute Gasteiger partial charge is 0.251 e. The van der Waals surface area contributed by atoms with Crippen LogP contribution in [0.25, 0.3) is 22.3 Å². The normalized spacial score (nSPS) is 11.6. The number of nitrogens with two attached hydrogens (primary N) is 1. The molecular formula is C25H28N6O. The molecule has 0 aliphatic carbocycles. The van der Waals surface area contributed by atoms with E-state index in [-0.39, 0.29) is 5.91 Å². The zero-order valence-corrected chi connectivity index (χ0v) is 18.9. The molecule has 0 aliphatic heterocycles. The topological polar surface area (TPSA) is 98.7 Å². The Labute approximate surface area is 187 Å². The van der Waals surface area contributed by atoms with E-state index in [9.17, 15) is 4.79 Å². The Balaban J connectivity index is 1.66. The van der Waals surface area contributed by atoms with Crippen molar-refractivity contribution in [2.45, 2.75) is 39.7 Å². The van der Waals surface area contributed by atoms with Crippen molar-refractivity contribution in [3.05, 3.63) is 71.5 Å². The van der Waals surface area contributed by atoms with E-state index in [4.69, 9.17) is 10.8 Å². The van der Waals surface area contributed by atoms with E-state index in [0.717, 1.165) is 23.2 Å². The van der Waals surface area contributed by atoms with Gasteiger partial charge >= 0.3 is 0 Å². The number of carbonyl (C=O) groups excluding carboxylic acids is 1. The maximum Gasteiger partial charge on any atom is 0.251 e. The Kier molecular flexibility index (Phi) is 5.65.